The average Bonchev–Trinajstić information content (AvgIpc) is 2.40. The molecular formula is C12H12BrClN2O3S. The van der Waals surface area contributed by atoms with Gasteiger partial charge in [0.05, 0.1) is 11.9 Å². The summed E-state index contributed by atoms with van der Waals surface area (Å²) in [4.78, 5) is 11.7. The van der Waals surface area contributed by atoms with Gasteiger partial charge in [-0.25, -0.2) is 4.79 Å². The highest BCUT2D eigenvalue weighted by atomic mass is 79.9. The fourth-order valence-corrected chi connectivity index (χ4v) is 1.92. The summed E-state index contributed by atoms with van der Waals surface area (Å²) < 4.78 is 10.3. The lowest BCUT2D eigenvalue weighted by atomic mass is 10.2. The van der Waals surface area contributed by atoms with Crippen LogP contribution in [0.15, 0.2) is 33.5 Å². The molecule has 0 atom stereocenters. The molecule has 0 aliphatic heterocycles. The summed E-state index contributed by atoms with van der Waals surface area (Å²) in [5.41, 5.74) is 4.78. The number of fused-ring (bicyclic) bond motifs is 1. The van der Waals surface area contributed by atoms with Crippen LogP contribution in [0.2, 0.25) is 5.02 Å². The van der Waals surface area contributed by atoms with E-state index < -0.39 is 5.63 Å². The summed E-state index contributed by atoms with van der Waals surface area (Å²) in [6.07, 6.45) is 0. The molecule has 20 heavy (non-hydrogen) atoms. The number of nitrogens with two attached hydrogens (primary N) is 1. The number of hydrogen-bond donors (Lipinski definition) is 2. The molecule has 1 aromatic heterocycles. The van der Waals surface area contributed by atoms with Crippen LogP contribution < -0.4 is 21.4 Å². The molecule has 0 fully saturated rings. The Morgan fingerprint density at radius 1 is 1.40 bits per heavy atom. The lowest BCUT2D eigenvalue weighted by molar-refractivity contribution is 0.236. The van der Waals surface area contributed by atoms with E-state index in [0.29, 0.717) is 17.3 Å². The number of benzene rings is 1. The Hall–Kier alpha value is -1.31. The van der Waals surface area contributed by atoms with Crippen molar-refractivity contribution in [2.45, 2.75) is 0 Å². The fraction of sp³-hybridized carbons (Fsp3) is 0.167. The SMILES string of the molecule is Br.NC(=S)NCCOc1oc(=O)c2ccccc2c1Cl. The number of ether oxygens (including phenoxy) is 1. The maximum atomic E-state index is 11.7. The molecule has 3 N–H and O–H groups in total. The Morgan fingerprint density at radius 3 is 2.70 bits per heavy atom. The Balaban J connectivity index is 0.00000200. The van der Waals surface area contributed by atoms with E-state index in [1.807, 2.05) is 0 Å². The van der Waals surface area contributed by atoms with Crippen molar-refractivity contribution in [1.82, 2.24) is 5.32 Å². The van der Waals surface area contributed by atoms with E-state index in [9.17, 15) is 4.79 Å². The van der Waals surface area contributed by atoms with Crippen LogP contribution in [0, 0.1) is 0 Å². The topological polar surface area (TPSA) is 77.5 Å². The maximum Gasteiger partial charge on any atom is 0.346 e. The molecule has 1 heterocycles. The van der Waals surface area contributed by atoms with Crippen LogP contribution >= 0.6 is 40.8 Å². The minimum absolute atomic E-state index is 0. The molecule has 2 rings (SSSR count). The second kappa shape index (κ2) is 7.47. The minimum atomic E-state index is -0.489. The van der Waals surface area contributed by atoms with Crippen molar-refractivity contribution in [3.05, 3.63) is 39.7 Å². The van der Waals surface area contributed by atoms with Gasteiger partial charge >= 0.3 is 11.6 Å². The van der Waals surface area contributed by atoms with Crippen molar-refractivity contribution < 1.29 is 9.15 Å². The molecule has 0 amide bonds. The third-order valence-corrected chi connectivity index (χ3v) is 2.88. The van der Waals surface area contributed by atoms with Crippen LogP contribution in [0.25, 0.3) is 10.8 Å². The van der Waals surface area contributed by atoms with Gasteiger partial charge in [0.15, 0.2) is 5.11 Å². The van der Waals surface area contributed by atoms with Crippen molar-refractivity contribution in [1.29, 1.82) is 0 Å². The maximum absolute atomic E-state index is 11.7. The van der Waals surface area contributed by atoms with Gasteiger partial charge in [0.2, 0.25) is 0 Å². The van der Waals surface area contributed by atoms with Crippen LogP contribution in [0.4, 0.5) is 0 Å². The van der Waals surface area contributed by atoms with E-state index in [-0.39, 0.29) is 39.7 Å². The second-order valence-electron chi connectivity index (χ2n) is 3.68. The predicted molar refractivity (Wildman–Crippen MR) is 88.1 cm³/mol. The number of nitrogens with one attached hydrogen (secondary N) is 1. The van der Waals surface area contributed by atoms with Gasteiger partial charge in [-0.2, -0.15) is 0 Å². The second-order valence-corrected chi connectivity index (χ2v) is 4.49. The largest absolute Gasteiger partial charge is 0.462 e. The lowest BCUT2D eigenvalue weighted by Gasteiger charge is -2.08. The first-order valence-corrected chi connectivity index (χ1v) is 6.25. The number of thiocarbonyl (C=S) groups is 1. The van der Waals surface area contributed by atoms with Crippen molar-refractivity contribution in [2.75, 3.05) is 13.2 Å². The van der Waals surface area contributed by atoms with E-state index in [1.54, 1.807) is 24.3 Å². The number of halogens is 2. The number of rotatable bonds is 4. The van der Waals surface area contributed by atoms with Gasteiger partial charge in [-0.3, -0.25) is 0 Å². The van der Waals surface area contributed by atoms with Crippen molar-refractivity contribution in [3.63, 3.8) is 0 Å². The van der Waals surface area contributed by atoms with E-state index >= 15 is 0 Å². The number of hydrogen-bond acceptors (Lipinski definition) is 4. The quantitative estimate of drug-likeness (QED) is 0.627. The summed E-state index contributed by atoms with van der Waals surface area (Å²) >= 11 is 10.8. The highest BCUT2D eigenvalue weighted by molar-refractivity contribution is 8.93. The first-order valence-electron chi connectivity index (χ1n) is 5.47. The van der Waals surface area contributed by atoms with Crippen LogP contribution in [0.3, 0.4) is 0 Å². The van der Waals surface area contributed by atoms with Gasteiger partial charge in [0.25, 0.3) is 0 Å². The van der Waals surface area contributed by atoms with Crippen molar-refractivity contribution in [3.8, 4) is 5.95 Å². The molecule has 0 spiro atoms. The molecule has 0 saturated heterocycles. The van der Waals surface area contributed by atoms with Crippen molar-refractivity contribution in [2.24, 2.45) is 5.73 Å². The Bertz CT molecular complexity index is 677. The summed E-state index contributed by atoms with van der Waals surface area (Å²) in [5, 5.41) is 4.17. The first-order chi connectivity index (χ1) is 9.09. The lowest BCUT2D eigenvalue weighted by Crippen LogP contribution is -2.32. The smallest absolute Gasteiger partial charge is 0.346 e. The molecular weight excluding hydrogens is 368 g/mol. The van der Waals surface area contributed by atoms with E-state index in [2.05, 4.69) is 17.5 Å². The Morgan fingerprint density at radius 2 is 2.05 bits per heavy atom. The predicted octanol–water partition coefficient (Wildman–Crippen LogP) is 2.24. The molecule has 5 nitrogen and oxygen atoms in total. The van der Waals surface area contributed by atoms with Gasteiger partial charge in [0, 0.05) is 5.39 Å². The molecule has 108 valence electrons. The van der Waals surface area contributed by atoms with E-state index in [1.165, 1.54) is 0 Å². The van der Waals surface area contributed by atoms with E-state index in [0.717, 1.165) is 0 Å². The summed E-state index contributed by atoms with van der Waals surface area (Å²) in [6.45, 7) is 0.612. The molecule has 2 aromatic rings. The van der Waals surface area contributed by atoms with Crippen LogP contribution in [0.5, 0.6) is 5.95 Å². The first kappa shape index (κ1) is 16.7. The molecule has 0 radical (unpaired) electrons. The van der Waals surface area contributed by atoms with Crippen LogP contribution in [-0.2, 0) is 0 Å². The van der Waals surface area contributed by atoms with Gasteiger partial charge in [-0.1, -0.05) is 29.8 Å². The van der Waals surface area contributed by atoms with Crippen LogP contribution in [-0.4, -0.2) is 18.3 Å². The van der Waals surface area contributed by atoms with Gasteiger partial charge in [-0.05, 0) is 18.3 Å². The standard InChI is InChI=1S/C12H11ClN2O3S.BrH/c13-9-7-3-1-2-4-8(7)10(16)18-11(9)17-6-5-15-12(14)19;/h1-4H,5-6H2,(H3,14,15,19);1H. The van der Waals surface area contributed by atoms with E-state index in [4.69, 9.17) is 26.5 Å². The zero-order valence-electron chi connectivity index (χ0n) is 10.2. The third-order valence-electron chi connectivity index (χ3n) is 2.38. The third kappa shape index (κ3) is 3.84. The van der Waals surface area contributed by atoms with Gasteiger partial charge in [-0.15, -0.1) is 17.0 Å². The summed E-state index contributed by atoms with van der Waals surface area (Å²) in [7, 11) is 0. The summed E-state index contributed by atoms with van der Waals surface area (Å²) in [5.74, 6) is -0.00453. The molecule has 0 saturated carbocycles. The van der Waals surface area contributed by atoms with Crippen LogP contribution in [0.1, 0.15) is 0 Å². The monoisotopic (exact) mass is 378 g/mol. The molecule has 8 heteroatoms. The zero-order valence-corrected chi connectivity index (χ0v) is 13.5. The average molecular weight is 380 g/mol. The van der Waals surface area contributed by atoms with Crippen molar-refractivity contribution >= 4 is 56.7 Å². The fourth-order valence-electron chi connectivity index (χ4n) is 1.56. The Labute approximate surface area is 135 Å². The highest BCUT2D eigenvalue weighted by Crippen LogP contribution is 2.30. The summed E-state index contributed by atoms with van der Waals surface area (Å²) in [6, 6.07) is 6.90. The Kier molecular flexibility index (Phi) is 6.25. The van der Waals surface area contributed by atoms with Gasteiger partial charge < -0.3 is 20.2 Å². The zero-order chi connectivity index (χ0) is 13.8. The molecule has 1 aromatic carbocycles. The highest BCUT2D eigenvalue weighted by Gasteiger charge is 2.12. The minimum Gasteiger partial charge on any atom is -0.462 e. The molecule has 0 bridgehead atoms. The molecule has 0 unspecified atom stereocenters. The normalized spacial score (nSPS) is 9.85. The molecule has 0 aliphatic rings. The molecule has 0 aliphatic carbocycles. The van der Waals surface area contributed by atoms with Gasteiger partial charge in [0.1, 0.15) is 11.6 Å².